The minimum absolute atomic E-state index is 0.00592. The fourth-order valence-corrected chi connectivity index (χ4v) is 5.62. The molecule has 0 radical (unpaired) electrons. The molecule has 3 aromatic rings. The van der Waals surface area contributed by atoms with E-state index in [2.05, 4.69) is 10.6 Å². The lowest BCUT2D eigenvalue weighted by Crippen LogP contribution is -2.55. The van der Waals surface area contributed by atoms with Gasteiger partial charge in [-0.25, -0.2) is 0 Å². The van der Waals surface area contributed by atoms with Crippen LogP contribution in [0.4, 0.5) is 5.82 Å². The van der Waals surface area contributed by atoms with Gasteiger partial charge in [0, 0.05) is 40.9 Å². The molecular formula is C23H28ClN5O2S2. The van der Waals surface area contributed by atoms with Gasteiger partial charge in [0.15, 0.2) is 0 Å². The number of thiophene rings is 2. The van der Waals surface area contributed by atoms with E-state index < -0.39 is 5.41 Å². The Morgan fingerprint density at radius 1 is 1.30 bits per heavy atom. The first kappa shape index (κ1) is 23.9. The van der Waals surface area contributed by atoms with Crippen LogP contribution in [0.15, 0.2) is 35.0 Å². The van der Waals surface area contributed by atoms with E-state index >= 15 is 0 Å². The van der Waals surface area contributed by atoms with Crippen molar-refractivity contribution in [1.29, 1.82) is 0 Å². The number of amides is 1. The second kappa shape index (κ2) is 9.58. The Kier molecular flexibility index (Phi) is 6.95. The lowest BCUT2D eigenvalue weighted by Gasteiger charge is -2.42. The highest BCUT2D eigenvalue weighted by Gasteiger charge is 2.39. The number of halogens is 1. The number of carbonyl (C=O) groups is 2. The maximum absolute atomic E-state index is 13.2. The summed E-state index contributed by atoms with van der Waals surface area (Å²) in [6, 6.07) is 7.20. The van der Waals surface area contributed by atoms with Crippen LogP contribution in [-0.4, -0.2) is 45.6 Å². The summed E-state index contributed by atoms with van der Waals surface area (Å²) >= 11 is 9.03. The van der Waals surface area contributed by atoms with E-state index in [9.17, 15) is 9.59 Å². The van der Waals surface area contributed by atoms with E-state index in [4.69, 9.17) is 16.7 Å². The van der Waals surface area contributed by atoms with Crippen LogP contribution in [0, 0.1) is 5.41 Å². The summed E-state index contributed by atoms with van der Waals surface area (Å²) in [5.41, 5.74) is 0.751. The van der Waals surface area contributed by atoms with Gasteiger partial charge in [-0.2, -0.15) is 21.1 Å². The van der Waals surface area contributed by atoms with Crippen molar-refractivity contribution in [2.24, 2.45) is 5.41 Å². The average molecular weight is 506 g/mol. The van der Waals surface area contributed by atoms with Gasteiger partial charge in [0.25, 0.3) is 5.91 Å². The Labute approximate surface area is 206 Å². The third-order valence-electron chi connectivity index (χ3n) is 5.60. The van der Waals surface area contributed by atoms with Crippen molar-refractivity contribution >= 4 is 51.9 Å². The number of hydrogen-bond acceptors (Lipinski definition) is 7. The van der Waals surface area contributed by atoms with E-state index in [1.54, 1.807) is 6.07 Å². The number of hydrogen-bond donors (Lipinski definition) is 2. The van der Waals surface area contributed by atoms with Crippen LogP contribution in [0.25, 0.3) is 0 Å². The lowest BCUT2D eigenvalue weighted by molar-refractivity contribution is -0.144. The van der Waals surface area contributed by atoms with Crippen molar-refractivity contribution < 1.29 is 9.59 Å². The third kappa shape index (κ3) is 5.16. The normalized spacial score (nSPS) is 19.0. The van der Waals surface area contributed by atoms with Crippen LogP contribution in [0.1, 0.15) is 54.7 Å². The Morgan fingerprint density at radius 2 is 2.09 bits per heavy atom. The van der Waals surface area contributed by atoms with Crippen molar-refractivity contribution in [2.45, 2.75) is 46.3 Å². The Bertz CT molecular complexity index is 1130. The molecule has 0 aromatic carbocycles. The summed E-state index contributed by atoms with van der Waals surface area (Å²) in [5, 5.41) is 15.2. The molecule has 1 fully saturated rings. The van der Waals surface area contributed by atoms with E-state index in [1.807, 2.05) is 61.6 Å². The number of nitrogens with zero attached hydrogens (tertiary/aromatic N) is 3. The zero-order valence-electron chi connectivity index (χ0n) is 19.1. The fraction of sp³-hybridized carbons (Fsp3) is 0.435. The molecule has 10 heteroatoms. The number of nitrogens with one attached hydrogen (secondary N) is 2. The SMILES string of the molecule is CC1NCCN(C(=O)C(C)(C)C)C1c1cc(NCc2ccc(Cl)s2)n(C(=O)c2ccsc2)n1. The average Bonchev–Trinajstić information content (AvgIpc) is 3.51. The minimum atomic E-state index is -0.510. The number of anilines is 1. The first-order valence-corrected chi connectivity index (χ1v) is 13.0. The van der Waals surface area contributed by atoms with Crippen molar-refractivity contribution in [1.82, 2.24) is 20.0 Å². The zero-order chi connectivity index (χ0) is 23.8. The van der Waals surface area contributed by atoms with Crippen LogP contribution >= 0.6 is 34.3 Å². The summed E-state index contributed by atoms with van der Waals surface area (Å²) in [6.07, 6.45) is 0. The standard InChI is InChI=1S/C23H28ClN5O2S2/c1-14-20(28(9-8-25-14)22(31)23(2,3)4)17-11-19(26-12-16-5-6-18(24)33-16)29(27-17)21(30)15-7-10-32-13-15/h5-7,10-11,13-14,20,25-26H,8-9,12H2,1-4H3. The molecule has 176 valence electrons. The van der Waals surface area contributed by atoms with Gasteiger partial charge < -0.3 is 15.5 Å². The van der Waals surface area contributed by atoms with Crippen molar-refractivity contribution in [3.8, 4) is 0 Å². The molecule has 2 atom stereocenters. The first-order valence-electron chi connectivity index (χ1n) is 10.8. The number of piperazine rings is 1. The summed E-state index contributed by atoms with van der Waals surface area (Å²) in [6.45, 7) is 9.66. The molecule has 1 aliphatic heterocycles. The molecule has 2 N–H and O–H groups in total. The molecule has 1 saturated heterocycles. The Hall–Kier alpha value is -2.20. The van der Waals surface area contributed by atoms with Crippen molar-refractivity contribution in [2.75, 3.05) is 18.4 Å². The first-order chi connectivity index (χ1) is 15.6. The highest BCUT2D eigenvalue weighted by molar-refractivity contribution is 7.16. The fourth-order valence-electron chi connectivity index (χ4n) is 3.97. The second-order valence-corrected chi connectivity index (χ2v) is 11.8. The minimum Gasteiger partial charge on any atom is -0.365 e. The molecule has 4 rings (SSSR count). The van der Waals surface area contributed by atoms with E-state index in [-0.39, 0.29) is 23.9 Å². The molecule has 0 bridgehead atoms. The van der Waals surface area contributed by atoms with E-state index in [1.165, 1.54) is 27.4 Å². The third-order valence-corrected chi connectivity index (χ3v) is 7.51. The van der Waals surface area contributed by atoms with Gasteiger partial charge in [0.1, 0.15) is 5.82 Å². The van der Waals surface area contributed by atoms with Crippen LogP contribution in [0.2, 0.25) is 4.34 Å². The molecule has 4 heterocycles. The van der Waals surface area contributed by atoms with Gasteiger partial charge in [0.2, 0.25) is 5.91 Å². The molecule has 0 aliphatic carbocycles. The molecule has 0 spiro atoms. The van der Waals surface area contributed by atoms with Crippen molar-refractivity contribution in [3.63, 3.8) is 0 Å². The van der Waals surface area contributed by atoms with Gasteiger partial charge in [-0.3, -0.25) is 9.59 Å². The summed E-state index contributed by atoms with van der Waals surface area (Å²) < 4.78 is 2.13. The molecule has 7 nitrogen and oxygen atoms in total. The molecular weight excluding hydrogens is 478 g/mol. The molecule has 2 unspecified atom stereocenters. The van der Waals surface area contributed by atoms with Gasteiger partial charge in [-0.15, -0.1) is 11.3 Å². The smallest absolute Gasteiger partial charge is 0.280 e. The predicted molar refractivity (Wildman–Crippen MR) is 134 cm³/mol. The molecule has 3 aromatic heterocycles. The summed E-state index contributed by atoms with van der Waals surface area (Å²) in [7, 11) is 0. The topological polar surface area (TPSA) is 79.3 Å². The second-order valence-electron chi connectivity index (χ2n) is 9.18. The predicted octanol–water partition coefficient (Wildman–Crippen LogP) is 4.87. The van der Waals surface area contributed by atoms with Gasteiger partial charge >= 0.3 is 0 Å². The van der Waals surface area contributed by atoms with Crippen LogP contribution in [0.3, 0.4) is 0 Å². The van der Waals surface area contributed by atoms with Gasteiger partial charge in [0.05, 0.1) is 28.2 Å². The van der Waals surface area contributed by atoms with E-state index in [0.717, 1.165) is 11.4 Å². The summed E-state index contributed by atoms with van der Waals surface area (Å²) in [5.74, 6) is 0.452. The van der Waals surface area contributed by atoms with Crippen LogP contribution < -0.4 is 10.6 Å². The van der Waals surface area contributed by atoms with Gasteiger partial charge in [-0.05, 0) is 30.5 Å². The molecule has 33 heavy (non-hydrogen) atoms. The molecule has 0 saturated carbocycles. The van der Waals surface area contributed by atoms with Gasteiger partial charge in [-0.1, -0.05) is 32.4 Å². The van der Waals surface area contributed by atoms with Crippen molar-refractivity contribution in [3.05, 3.63) is 55.5 Å². The molecule has 1 aliphatic rings. The number of aromatic nitrogens is 2. The summed E-state index contributed by atoms with van der Waals surface area (Å²) in [4.78, 5) is 29.4. The Balaban J connectivity index is 1.70. The molecule has 1 amide bonds. The van der Waals surface area contributed by atoms with Crippen LogP contribution in [-0.2, 0) is 11.3 Å². The zero-order valence-corrected chi connectivity index (χ0v) is 21.5. The maximum Gasteiger partial charge on any atom is 0.280 e. The van der Waals surface area contributed by atoms with E-state index in [0.29, 0.717) is 34.5 Å². The largest absolute Gasteiger partial charge is 0.365 e. The monoisotopic (exact) mass is 505 g/mol. The lowest BCUT2D eigenvalue weighted by atomic mass is 9.91. The van der Waals surface area contributed by atoms with Crippen LogP contribution in [0.5, 0.6) is 0 Å². The highest BCUT2D eigenvalue weighted by Crippen LogP contribution is 2.32. The number of carbonyl (C=O) groups excluding carboxylic acids is 2. The number of rotatable bonds is 5. The Morgan fingerprint density at radius 3 is 2.73 bits per heavy atom. The highest BCUT2D eigenvalue weighted by atomic mass is 35.5. The quantitative estimate of drug-likeness (QED) is 0.517. The maximum atomic E-state index is 13.2.